The second-order valence-electron chi connectivity index (χ2n) is 8.75. The molecule has 2 N–H and O–H groups in total. The molecule has 1 fully saturated rings. The average molecular weight is 474 g/mol. The maximum atomic E-state index is 13.9. The van der Waals surface area contributed by atoms with E-state index in [1.807, 2.05) is 0 Å². The predicted molar refractivity (Wildman–Crippen MR) is 125 cm³/mol. The molecule has 0 saturated carbocycles. The largest absolute Gasteiger partial charge is 0.497 e. The number of hydrogen-bond donors (Lipinski definition) is 2. The lowest BCUT2D eigenvalue weighted by Gasteiger charge is -2.21. The molecular formula is C24H28FN3O6. The van der Waals surface area contributed by atoms with Crippen LogP contribution in [0.5, 0.6) is 11.5 Å². The molecule has 1 saturated heterocycles. The van der Waals surface area contributed by atoms with Crippen molar-refractivity contribution in [3.8, 4) is 11.5 Å². The van der Waals surface area contributed by atoms with Gasteiger partial charge in [-0.05, 0) is 51.1 Å². The van der Waals surface area contributed by atoms with Crippen LogP contribution in [0.25, 0.3) is 0 Å². The highest BCUT2D eigenvalue weighted by molar-refractivity contribution is 6.05. The van der Waals surface area contributed by atoms with E-state index in [1.54, 1.807) is 39.0 Å². The van der Waals surface area contributed by atoms with Gasteiger partial charge in [-0.25, -0.2) is 9.18 Å². The minimum Gasteiger partial charge on any atom is -0.497 e. The van der Waals surface area contributed by atoms with Crippen molar-refractivity contribution in [1.29, 1.82) is 0 Å². The number of anilines is 3. The first-order valence-corrected chi connectivity index (χ1v) is 10.6. The number of benzene rings is 2. The van der Waals surface area contributed by atoms with E-state index in [-0.39, 0.29) is 30.2 Å². The summed E-state index contributed by atoms with van der Waals surface area (Å²) in [4.78, 5) is 39.3. The number of amides is 3. The third-order valence-corrected chi connectivity index (χ3v) is 5.05. The van der Waals surface area contributed by atoms with Crippen molar-refractivity contribution in [2.75, 3.05) is 36.3 Å². The van der Waals surface area contributed by atoms with Crippen LogP contribution in [-0.2, 0) is 14.3 Å². The number of carbonyl (C=O) groups excluding carboxylic acids is 3. The molecule has 2 aromatic rings. The maximum absolute atomic E-state index is 13.9. The predicted octanol–water partition coefficient (Wildman–Crippen LogP) is 4.18. The first-order valence-electron chi connectivity index (χ1n) is 10.6. The Morgan fingerprint density at radius 1 is 1.03 bits per heavy atom. The number of nitrogens with zero attached hydrogens (tertiary/aromatic N) is 1. The van der Waals surface area contributed by atoms with E-state index in [0.717, 1.165) is 12.1 Å². The van der Waals surface area contributed by atoms with Crippen LogP contribution in [0.2, 0.25) is 0 Å². The van der Waals surface area contributed by atoms with E-state index < -0.39 is 29.3 Å². The lowest BCUT2D eigenvalue weighted by Crippen LogP contribution is -2.29. The van der Waals surface area contributed by atoms with Crippen molar-refractivity contribution in [1.82, 2.24) is 0 Å². The second-order valence-corrected chi connectivity index (χ2v) is 8.75. The van der Waals surface area contributed by atoms with Crippen LogP contribution in [0.1, 0.15) is 27.2 Å². The Hall–Kier alpha value is -3.82. The quantitative estimate of drug-likeness (QED) is 0.652. The summed E-state index contributed by atoms with van der Waals surface area (Å²) in [5, 5.41) is 5.13. The van der Waals surface area contributed by atoms with Crippen LogP contribution in [0.3, 0.4) is 0 Å². The fraction of sp³-hybridized carbons (Fsp3) is 0.375. The van der Waals surface area contributed by atoms with Crippen LogP contribution in [-0.4, -0.2) is 44.3 Å². The summed E-state index contributed by atoms with van der Waals surface area (Å²) in [5.74, 6) is -1.07. The molecule has 1 unspecified atom stereocenters. The molecular weight excluding hydrogens is 445 g/mol. The zero-order valence-electron chi connectivity index (χ0n) is 19.7. The molecule has 2 aromatic carbocycles. The van der Waals surface area contributed by atoms with Crippen molar-refractivity contribution in [2.24, 2.45) is 5.92 Å². The standard InChI is InChI=1S/C24H28FN3O6/c1-24(2,3)34-23(31)27-17-8-6-15(25)11-18(17)26-22(30)14-10-21(29)28(13-14)19-12-16(32-4)7-9-20(19)33-5/h6-9,11-12,14H,10,13H2,1-5H3,(H,26,30)(H,27,31). The minimum atomic E-state index is -0.748. The highest BCUT2D eigenvalue weighted by Crippen LogP contribution is 2.36. The molecule has 1 atom stereocenters. The molecule has 3 amide bonds. The van der Waals surface area contributed by atoms with Gasteiger partial charge in [0.2, 0.25) is 11.8 Å². The van der Waals surface area contributed by atoms with Gasteiger partial charge < -0.3 is 24.4 Å². The Kier molecular flexibility index (Phi) is 7.29. The first-order chi connectivity index (χ1) is 16.0. The van der Waals surface area contributed by atoms with Gasteiger partial charge in [-0.3, -0.25) is 14.9 Å². The number of halogens is 1. The molecule has 10 heteroatoms. The van der Waals surface area contributed by atoms with Gasteiger partial charge in [-0.1, -0.05) is 0 Å². The maximum Gasteiger partial charge on any atom is 0.412 e. The zero-order chi connectivity index (χ0) is 25.0. The Morgan fingerprint density at radius 3 is 2.41 bits per heavy atom. The van der Waals surface area contributed by atoms with Crippen LogP contribution in [0.15, 0.2) is 36.4 Å². The number of hydrogen-bond acceptors (Lipinski definition) is 6. The van der Waals surface area contributed by atoms with E-state index in [1.165, 1.54) is 25.2 Å². The summed E-state index contributed by atoms with van der Waals surface area (Å²) in [6.07, 6.45) is -0.793. The van der Waals surface area contributed by atoms with Crippen LogP contribution in [0, 0.1) is 11.7 Å². The Balaban J connectivity index is 1.77. The molecule has 1 aliphatic heterocycles. The fourth-order valence-electron chi connectivity index (χ4n) is 3.50. The van der Waals surface area contributed by atoms with Crippen LogP contribution < -0.4 is 25.0 Å². The third-order valence-electron chi connectivity index (χ3n) is 5.05. The van der Waals surface area contributed by atoms with Crippen LogP contribution in [0.4, 0.5) is 26.2 Å². The summed E-state index contributed by atoms with van der Waals surface area (Å²) >= 11 is 0. The van der Waals surface area contributed by atoms with Gasteiger partial charge in [0.1, 0.15) is 22.9 Å². The molecule has 0 radical (unpaired) electrons. The molecule has 9 nitrogen and oxygen atoms in total. The van der Waals surface area contributed by atoms with Crippen molar-refractivity contribution >= 4 is 35.0 Å². The van der Waals surface area contributed by atoms with Crippen LogP contribution >= 0.6 is 0 Å². The van der Waals surface area contributed by atoms with Gasteiger partial charge >= 0.3 is 6.09 Å². The lowest BCUT2D eigenvalue weighted by atomic mass is 10.1. The Bertz CT molecular complexity index is 1100. The van der Waals surface area contributed by atoms with E-state index in [9.17, 15) is 18.8 Å². The summed E-state index contributed by atoms with van der Waals surface area (Å²) in [5.41, 5.74) is -0.0249. The highest BCUT2D eigenvalue weighted by atomic mass is 19.1. The normalized spacial score (nSPS) is 15.6. The summed E-state index contributed by atoms with van der Waals surface area (Å²) in [7, 11) is 2.99. The molecule has 3 rings (SSSR count). The van der Waals surface area contributed by atoms with Gasteiger partial charge in [0.05, 0.1) is 37.2 Å². The molecule has 34 heavy (non-hydrogen) atoms. The average Bonchev–Trinajstić information content (AvgIpc) is 3.15. The fourth-order valence-corrected chi connectivity index (χ4v) is 3.50. The van der Waals surface area contributed by atoms with E-state index >= 15 is 0 Å². The van der Waals surface area contributed by atoms with Crippen molar-refractivity contribution < 1.29 is 33.0 Å². The van der Waals surface area contributed by atoms with Crippen molar-refractivity contribution in [3.05, 3.63) is 42.2 Å². The second kappa shape index (κ2) is 9.98. The van der Waals surface area contributed by atoms with E-state index in [4.69, 9.17) is 14.2 Å². The number of methoxy groups -OCH3 is 2. The zero-order valence-corrected chi connectivity index (χ0v) is 19.7. The number of carbonyl (C=O) groups is 3. The van der Waals surface area contributed by atoms with Gasteiger partial charge in [-0.15, -0.1) is 0 Å². The van der Waals surface area contributed by atoms with Gasteiger partial charge in [0.15, 0.2) is 0 Å². The molecule has 1 heterocycles. The Morgan fingerprint density at radius 2 is 1.76 bits per heavy atom. The van der Waals surface area contributed by atoms with Crippen molar-refractivity contribution in [2.45, 2.75) is 32.8 Å². The number of ether oxygens (including phenoxy) is 3. The smallest absolute Gasteiger partial charge is 0.412 e. The highest BCUT2D eigenvalue weighted by Gasteiger charge is 2.37. The van der Waals surface area contributed by atoms with Gasteiger partial charge in [0, 0.05) is 19.0 Å². The summed E-state index contributed by atoms with van der Waals surface area (Å²) < 4.78 is 29.7. The third kappa shape index (κ3) is 5.94. The SMILES string of the molecule is COc1ccc(OC)c(N2CC(C(=O)Nc3cc(F)ccc3NC(=O)OC(C)(C)C)CC2=O)c1. The molecule has 0 aromatic heterocycles. The monoisotopic (exact) mass is 473 g/mol. The number of nitrogens with one attached hydrogen (secondary N) is 2. The van der Waals surface area contributed by atoms with Crippen molar-refractivity contribution in [3.63, 3.8) is 0 Å². The van der Waals surface area contributed by atoms with E-state index in [0.29, 0.717) is 17.2 Å². The molecule has 182 valence electrons. The molecule has 1 aliphatic rings. The Labute approximate surface area is 197 Å². The molecule has 0 spiro atoms. The summed E-state index contributed by atoms with van der Waals surface area (Å²) in [6, 6.07) is 8.60. The molecule has 0 bridgehead atoms. The lowest BCUT2D eigenvalue weighted by molar-refractivity contribution is -0.122. The van der Waals surface area contributed by atoms with Gasteiger partial charge in [-0.2, -0.15) is 0 Å². The van der Waals surface area contributed by atoms with E-state index in [2.05, 4.69) is 10.6 Å². The first kappa shape index (κ1) is 24.8. The minimum absolute atomic E-state index is 0.0453. The summed E-state index contributed by atoms with van der Waals surface area (Å²) in [6.45, 7) is 5.22. The number of rotatable bonds is 6. The van der Waals surface area contributed by atoms with Gasteiger partial charge in [0.25, 0.3) is 0 Å². The topological polar surface area (TPSA) is 106 Å². The molecule has 0 aliphatic carbocycles.